The molecule has 0 saturated heterocycles. The number of rotatable bonds is 7. The zero-order valence-corrected chi connectivity index (χ0v) is 16.3. The number of halogens is 1. The molecular formula is C21H22FN3O4. The summed E-state index contributed by atoms with van der Waals surface area (Å²) in [6.45, 7) is 2.73. The second-order valence-electron chi connectivity index (χ2n) is 6.56. The van der Waals surface area contributed by atoms with Crippen molar-refractivity contribution in [2.75, 3.05) is 12.4 Å². The van der Waals surface area contributed by atoms with Gasteiger partial charge >= 0.3 is 11.7 Å². The number of nitrogens with zero attached hydrogens (tertiary/aromatic N) is 2. The topological polar surface area (TPSA) is 82.3 Å². The Bertz CT molecular complexity index is 1120. The molecule has 8 heteroatoms. The first-order valence-electron chi connectivity index (χ1n) is 9.32. The molecule has 0 saturated carbocycles. The number of aryl methyl sites for hydroxylation is 2. The van der Waals surface area contributed by atoms with Crippen LogP contribution < -0.4 is 11.0 Å². The minimum absolute atomic E-state index is 0.0259. The third-order valence-electron chi connectivity index (χ3n) is 4.60. The highest BCUT2D eigenvalue weighted by Crippen LogP contribution is 2.18. The van der Waals surface area contributed by atoms with Crippen molar-refractivity contribution in [3.8, 4) is 0 Å². The molecule has 2 aromatic carbocycles. The predicted molar refractivity (Wildman–Crippen MR) is 107 cm³/mol. The van der Waals surface area contributed by atoms with Crippen molar-refractivity contribution in [3.05, 3.63) is 64.3 Å². The summed E-state index contributed by atoms with van der Waals surface area (Å²) in [5.74, 6) is -1.76. The molecule has 0 aliphatic rings. The Hall–Kier alpha value is -3.42. The van der Waals surface area contributed by atoms with Gasteiger partial charge in [-0.05, 0) is 36.8 Å². The number of imidazole rings is 1. The minimum Gasteiger partial charge on any atom is -0.465 e. The van der Waals surface area contributed by atoms with E-state index in [0.717, 1.165) is 23.5 Å². The van der Waals surface area contributed by atoms with Gasteiger partial charge in [-0.1, -0.05) is 19.1 Å². The lowest BCUT2D eigenvalue weighted by Gasteiger charge is -2.09. The van der Waals surface area contributed by atoms with Crippen LogP contribution in [-0.4, -0.2) is 28.1 Å². The Morgan fingerprint density at radius 3 is 2.34 bits per heavy atom. The SMILES string of the molecule is CCCn1c(=O)n(CCC(=O)Nc2cc(C(=O)OC)ccc2F)c2ccccc21. The van der Waals surface area contributed by atoms with Gasteiger partial charge in [0.2, 0.25) is 5.91 Å². The number of hydrogen-bond donors (Lipinski definition) is 1. The van der Waals surface area contributed by atoms with Crippen LogP contribution in [0.1, 0.15) is 30.1 Å². The van der Waals surface area contributed by atoms with Gasteiger partial charge in [-0.3, -0.25) is 13.9 Å². The number of hydrogen-bond acceptors (Lipinski definition) is 4. The monoisotopic (exact) mass is 399 g/mol. The van der Waals surface area contributed by atoms with Crippen molar-refractivity contribution in [3.63, 3.8) is 0 Å². The summed E-state index contributed by atoms with van der Waals surface area (Å²) in [6.07, 6.45) is 0.784. The Balaban J connectivity index is 1.78. The number of carbonyl (C=O) groups is 2. The lowest BCUT2D eigenvalue weighted by Crippen LogP contribution is -2.26. The van der Waals surface area contributed by atoms with Gasteiger partial charge in [-0.15, -0.1) is 0 Å². The van der Waals surface area contributed by atoms with E-state index in [-0.39, 0.29) is 29.9 Å². The van der Waals surface area contributed by atoms with Gasteiger partial charge in [-0.2, -0.15) is 0 Å². The predicted octanol–water partition coefficient (Wildman–Crippen LogP) is 3.17. The van der Waals surface area contributed by atoms with Crippen LogP contribution in [0.5, 0.6) is 0 Å². The zero-order valence-electron chi connectivity index (χ0n) is 16.3. The van der Waals surface area contributed by atoms with Crippen LogP contribution in [-0.2, 0) is 22.6 Å². The lowest BCUT2D eigenvalue weighted by molar-refractivity contribution is -0.116. The van der Waals surface area contributed by atoms with Crippen LogP contribution in [0.4, 0.5) is 10.1 Å². The number of para-hydroxylation sites is 2. The highest BCUT2D eigenvalue weighted by molar-refractivity contribution is 5.94. The molecule has 3 aromatic rings. The fraction of sp³-hybridized carbons (Fsp3) is 0.286. The summed E-state index contributed by atoms with van der Waals surface area (Å²) in [6, 6.07) is 11.0. The van der Waals surface area contributed by atoms with E-state index < -0.39 is 17.7 Å². The third-order valence-corrected chi connectivity index (χ3v) is 4.60. The molecule has 29 heavy (non-hydrogen) atoms. The van der Waals surface area contributed by atoms with Crippen LogP contribution in [0.15, 0.2) is 47.3 Å². The van der Waals surface area contributed by atoms with E-state index in [1.807, 2.05) is 31.2 Å². The molecule has 0 atom stereocenters. The molecule has 0 bridgehead atoms. The average molecular weight is 399 g/mol. The standard InChI is InChI=1S/C21H22FN3O4/c1-3-11-24-17-6-4-5-7-18(17)25(21(24)28)12-10-19(26)23-16-13-14(20(27)29-2)8-9-15(16)22/h4-9,13H,3,10-12H2,1-2H3,(H,23,26). The van der Waals surface area contributed by atoms with Crippen LogP contribution in [0.25, 0.3) is 11.0 Å². The van der Waals surface area contributed by atoms with Crippen LogP contribution in [0.2, 0.25) is 0 Å². The van der Waals surface area contributed by atoms with Crippen molar-refractivity contribution in [1.29, 1.82) is 0 Å². The largest absolute Gasteiger partial charge is 0.465 e. The summed E-state index contributed by atoms with van der Waals surface area (Å²) in [5.41, 5.74) is 1.40. The van der Waals surface area contributed by atoms with Gasteiger partial charge in [-0.25, -0.2) is 14.0 Å². The molecule has 0 unspecified atom stereocenters. The zero-order chi connectivity index (χ0) is 21.0. The van der Waals surface area contributed by atoms with E-state index in [2.05, 4.69) is 10.1 Å². The van der Waals surface area contributed by atoms with Crippen molar-refractivity contribution in [2.45, 2.75) is 32.9 Å². The summed E-state index contributed by atoms with van der Waals surface area (Å²) >= 11 is 0. The molecule has 0 fully saturated rings. The van der Waals surface area contributed by atoms with Crippen LogP contribution in [0, 0.1) is 5.82 Å². The first-order chi connectivity index (χ1) is 14.0. The maximum atomic E-state index is 14.0. The molecule has 0 radical (unpaired) electrons. The lowest BCUT2D eigenvalue weighted by atomic mass is 10.2. The quantitative estimate of drug-likeness (QED) is 0.619. The van der Waals surface area contributed by atoms with Gasteiger partial charge in [0.05, 0.1) is 29.4 Å². The number of benzene rings is 2. The summed E-state index contributed by atoms with van der Waals surface area (Å²) in [5, 5.41) is 2.46. The molecule has 0 aliphatic carbocycles. The van der Waals surface area contributed by atoms with Crippen LogP contribution in [0.3, 0.4) is 0 Å². The molecule has 3 rings (SSSR count). The molecule has 1 aromatic heterocycles. The molecule has 7 nitrogen and oxygen atoms in total. The van der Waals surface area contributed by atoms with E-state index in [0.29, 0.717) is 6.54 Å². The molecule has 0 aliphatic heterocycles. The molecular weight excluding hydrogens is 377 g/mol. The second-order valence-corrected chi connectivity index (χ2v) is 6.56. The molecule has 152 valence electrons. The fourth-order valence-electron chi connectivity index (χ4n) is 3.22. The van der Waals surface area contributed by atoms with Gasteiger partial charge in [0.15, 0.2) is 0 Å². The summed E-state index contributed by atoms with van der Waals surface area (Å²) in [7, 11) is 1.22. The summed E-state index contributed by atoms with van der Waals surface area (Å²) in [4.78, 5) is 36.7. The second kappa shape index (κ2) is 8.72. The van der Waals surface area contributed by atoms with Crippen molar-refractivity contribution in [1.82, 2.24) is 9.13 Å². The Kier molecular flexibility index (Phi) is 6.11. The maximum Gasteiger partial charge on any atom is 0.337 e. The Morgan fingerprint density at radius 2 is 1.72 bits per heavy atom. The summed E-state index contributed by atoms with van der Waals surface area (Å²) < 4.78 is 21.8. The van der Waals surface area contributed by atoms with Crippen LogP contribution >= 0.6 is 0 Å². The number of carbonyl (C=O) groups excluding carboxylic acids is 2. The molecule has 1 heterocycles. The number of nitrogens with one attached hydrogen (secondary N) is 1. The highest BCUT2D eigenvalue weighted by Gasteiger charge is 2.15. The van der Waals surface area contributed by atoms with E-state index in [1.165, 1.54) is 19.2 Å². The fourth-order valence-corrected chi connectivity index (χ4v) is 3.22. The Labute approximate surface area is 166 Å². The first kappa shape index (κ1) is 20.3. The van der Waals surface area contributed by atoms with Crippen molar-refractivity contribution in [2.24, 2.45) is 0 Å². The van der Waals surface area contributed by atoms with E-state index in [4.69, 9.17) is 0 Å². The third kappa shape index (κ3) is 4.21. The van der Waals surface area contributed by atoms with Gasteiger partial charge in [0.25, 0.3) is 0 Å². The van der Waals surface area contributed by atoms with E-state index >= 15 is 0 Å². The van der Waals surface area contributed by atoms with Crippen molar-refractivity contribution >= 4 is 28.6 Å². The smallest absolute Gasteiger partial charge is 0.337 e. The minimum atomic E-state index is -0.664. The molecule has 1 amide bonds. The maximum absolute atomic E-state index is 14.0. The van der Waals surface area contributed by atoms with Crippen molar-refractivity contribution < 1.29 is 18.7 Å². The number of aromatic nitrogens is 2. The highest BCUT2D eigenvalue weighted by atomic mass is 19.1. The van der Waals surface area contributed by atoms with Gasteiger partial charge < -0.3 is 10.1 Å². The van der Waals surface area contributed by atoms with E-state index in [1.54, 1.807) is 9.13 Å². The normalized spacial score (nSPS) is 10.9. The number of anilines is 1. The number of esters is 1. The number of methoxy groups -OCH3 is 1. The van der Waals surface area contributed by atoms with Gasteiger partial charge in [0, 0.05) is 19.5 Å². The van der Waals surface area contributed by atoms with E-state index in [9.17, 15) is 18.8 Å². The molecule has 0 spiro atoms. The number of ether oxygens (including phenoxy) is 1. The Morgan fingerprint density at radius 1 is 1.07 bits per heavy atom. The first-order valence-corrected chi connectivity index (χ1v) is 9.32. The number of amides is 1. The van der Waals surface area contributed by atoms with Gasteiger partial charge in [0.1, 0.15) is 5.82 Å². The molecule has 1 N–H and O–H groups in total. The number of fused-ring (bicyclic) bond motifs is 1. The average Bonchev–Trinajstić information content (AvgIpc) is 2.99.